The molecule has 7 nitrogen and oxygen atoms in total. The summed E-state index contributed by atoms with van der Waals surface area (Å²) < 4.78 is 10.1. The van der Waals surface area contributed by atoms with Crippen molar-refractivity contribution in [2.75, 3.05) is 5.32 Å². The van der Waals surface area contributed by atoms with Gasteiger partial charge < -0.3 is 14.8 Å². The molecule has 3 rings (SSSR count). The van der Waals surface area contributed by atoms with Gasteiger partial charge in [0.1, 0.15) is 0 Å². The number of hydrogen-bond donors (Lipinski definition) is 1. The quantitative estimate of drug-likeness (QED) is 0.268. The molecule has 3 aromatic carbocycles. The largest absolute Gasteiger partial charge is 0.423 e. The molecule has 0 bridgehead atoms. The highest BCUT2D eigenvalue weighted by atomic mass is 16.6. The highest BCUT2D eigenvalue weighted by Gasteiger charge is 2.11. The van der Waals surface area contributed by atoms with E-state index >= 15 is 0 Å². The van der Waals surface area contributed by atoms with Crippen molar-refractivity contribution >= 4 is 35.4 Å². The summed E-state index contributed by atoms with van der Waals surface area (Å²) in [6.45, 7) is 2.49. The highest BCUT2D eigenvalue weighted by Crippen LogP contribution is 2.29. The lowest BCUT2D eigenvalue weighted by atomic mass is 10.1. The average Bonchev–Trinajstić information content (AvgIpc) is 2.83. The second-order valence-corrected chi connectivity index (χ2v) is 7.71. The number of anilines is 1. The molecule has 7 heteroatoms. The molecule has 3 aromatic rings. The molecule has 0 saturated heterocycles. The lowest BCUT2D eigenvalue weighted by molar-refractivity contribution is -0.134. The number of allylic oxidation sites excluding steroid dienone is 1. The number of ketones is 1. The van der Waals surface area contributed by atoms with Crippen LogP contribution in [0.3, 0.4) is 0 Å². The topological polar surface area (TPSA) is 98.8 Å². The van der Waals surface area contributed by atoms with E-state index in [-0.39, 0.29) is 23.2 Å². The number of nitrogens with one attached hydrogen (secondary N) is 1. The third-order valence-electron chi connectivity index (χ3n) is 4.84. The van der Waals surface area contributed by atoms with Gasteiger partial charge in [-0.3, -0.25) is 19.2 Å². The second-order valence-electron chi connectivity index (χ2n) is 7.71. The van der Waals surface area contributed by atoms with Crippen molar-refractivity contribution in [3.63, 3.8) is 0 Å². The van der Waals surface area contributed by atoms with E-state index in [9.17, 15) is 19.2 Å². The minimum atomic E-state index is -0.554. The summed E-state index contributed by atoms with van der Waals surface area (Å²) in [5.41, 5.74) is 2.83. The molecule has 0 aliphatic heterocycles. The molecule has 1 amide bonds. The fourth-order valence-corrected chi connectivity index (χ4v) is 3.19. The van der Waals surface area contributed by atoms with E-state index in [2.05, 4.69) is 5.32 Å². The highest BCUT2D eigenvalue weighted by molar-refractivity contribution is 6.04. The SMILES string of the molecule is CC(=O)Oc1ccc(/C=C/C(=O)CCc2ccc(NC(=O)c3ccccc3)cc2)cc1OC(C)=O. The fourth-order valence-electron chi connectivity index (χ4n) is 3.19. The van der Waals surface area contributed by atoms with Crippen LogP contribution in [0.4, 0.5) is 5.69 Å². The van der Waals surface area contributed by atoms with Crippen LogP contribution in [-0.2, 0) is 20.8 Å². The van der Waals surface area contributed by atoms with E-state index < -0.39 is 11.9 Å². The van der Waals surface area contributed by atoms with E-state index in [1.165, 1.54) is 32.1 Å². The number of ether oxygens (including phenoxy) is 2. The molecule has 35 heavy (non-hydrogen) atoms. The molecule has 0 heterocycles. The first-order valence-electron chi connectivity index (χ1n) is 11.0. The molecule has 0 aliphatic rings. The van der Waals surface area contributed by atoms with E-state index in [0.29, 0.717) is 29.7 Å². The number of carbonyl (C=O) groups is 4. The number of rotatable bonds is 9. The zero-order chi connectivity index (χ0) is 25.2. The average molecular weight is 472 g/mol. The summed E-state index contributed by atoms with van der Waals surface area (Å²) >= 11 is 0. The Labute approximate surface area is 203 Å². The molecule has 0 unspecified atom stereocenters. The van der Waals surface area contributed by atoms with Crippen molar-refractivity contribution in [3.8, 4) is 11.5 Å². The van der Waals surface area contributed by atoms with Gasteiger partial charge in [-0.1, -0.05) is 42.5 Å². The molecule has 0 aromatic heterocycles. The number of hydrogen-bond acceptors (Lipinski definition) is 6. The summed E-state index contributed by atoms with van der Waals surface area (Å²) in [7, 11) is 0. The maximum absolute atomic E-state index is 12.3. The van der Waals surface area contributed by atoms with Crippen LogP contribution in [0.15, 0.2) is 78.9 Å². The molecular formula is C28H25NO6. The predicted molar refractivity (Wildman–Crippen MR) is 132 cm³/mol. The molecular weight excluding hydrogens is 446 g/mol. The summed E-state index contributed by atoms with van der Waals surface area (Å²) in [4.78, 5) is 47.1. The number of amides is 1. The Kier molecular flexibility index (Phi) is 8.67. The molecule has 0 fully saturated rings. The van der Waals surface area contributed by atoms with Gasteiger partial charge in [-0.2, -0.15) is 0 Å². The minimum absolute atomic E-state index is 0.0791. The summed E-state index contributed by atoms with van der Waals surface area (Å²) in [5, 5.41) is 2.84. The smallest absolute Gasteiger partial charge is 0.308 e. The minimum Gasteiger partial charge on any atom is -0.423 e. The summed E-state index contributed by atoms with van der Waals surface area (Å²) in [6, 6.07) is 21.0. The predicted octanol–water partition coefficient (Wildman–Crippen LogP) is 5.00. The molecule has 0 aliphatic carbocycles. The molecule has 0 saturated carbocycles. The van der Waals surface area contributed by atoms with E-state index in [4.69, 9.17) is 9.47 Å². The van der Waals surface area contributed by atoms with Gasteiger partial charge in [-0.25, -0.2) is 0 Å². The van der Waals surface area contributed by atoms with Crippen molar-refractivity contribution in [1.82, 2.24) is 0 Å². The Bertz CT molecular complexity index is 1250. The van der Waals surface area contributed by atoms with Gasteiger partial charge in [0.05, 0.1) is 0 Å². The third kappa shape index (κ3) is 8.08. The van der Waals surface area contributed by atoms with Crippen molar-refractivity contribution in [1.29, 1.82) is 0 Å². The first kappa shape index (κ1) is 25.1. The summed E-state index contributed by atoms with van der Waals surface area (Å²) in [5.74, 6) is -1.13. The van der Waals surface area contributed by atoms with E-state index in [1.807, 2.05) is 18.2 Å². The van der Waals surface area contributed by atoms with Crippen molar-refractivity contribution in [3.05, 3.63) is 95.6 Å². The van der Waals surface area contributed by atoms with Gasteiger partial charge in [0, 0.05) is 31.5 Å². The zero-order valence-corrected chi connectivity index (χ0v) is 19.4. The van der Waals surface area contributed by atoms with Crippen molar-refractivity contribution in [2.45, 2.75) is 26.7 Å². The normalized spacial score (nSPS) is 10.6. The van der Waals surface area contributed by atoms with E-state index in [1.54, 1.807) is 48.5 Å². The first-order chi connectivity index (χ1) is 16.8. The monoisotopic (exact) mass is 471 g/mol. The van der Waals surface area contributed by atoms with Gasteiger partial charge in [0.15, 0.2) is 17.3 Å². The van der Waals surface area contributed by atoms with Crippen LogP contribution >= 0.6 is 0 Å². The Hall–Kier alpha value is -4.52. The number of aryl methyl sites for hydroxylation is 1. The molecule has 178 valence electrons. The van der Waals surface area contributed by atoms with Gasteiger partial charge in [-0.05, 0) is 60.0 Å². The Morgan fingerprint density at radius 1 is 0.800 bits per heavy atom. The maximum atomic E-state index is 12.3. The van der Waals surface area contributed by atoms with Gasteiger partial charge >= 0.3 is 11.9 Å². The fraction of sp³-hybridized carbons (Fsp3) is 0.143. The first-order valence-corrected chi connectivity index (χ1v) is 11.0. The lowest BCUT2D eigenvalue weighted by Gasteiger charge is -2.09. The van der Waals surface area contributed by atoms with Crippen LogP contribution in [0.5, 0.6) is 11.5 Å². The summed E-state index contributed by atoms with van der Waals surface area (Å²) in [6.07, 6.45) is 3.90. The Morgan fingerprint density at radius 2 is 1.46 bits per heavy atom. The van der Waals surface area contributed by atoms with Crippen LogP contribution in [0, 0.1) is 0 Å². The maximum Gasteiger partial charge on any atom is 0.308 e. The molecule has 0 radical (unpaired) electrons. The third-order valence-corrected chi connectivity index (χ3v) is 4.84. The van der Waals surface area contributed by atoms with Crippen molar-refractivity contribution in [2.24, 2.45) is 0 Å². The molecule has 0 spiro atoms. The van der Waals surface area contributed by atoms with Crippen LogP contribution < -0.4 is 14.8 Å². The number of benzene rings is 3. The number of carbonyl (C=O) groups excluding carboxylic acids is 4. The van der Waals surface area contributed by atoms with Gasteiger partial charge in [0.2, 0.25) is 0 Å². The lowest BCUT2D eigenvalue weighted by Crippen LogP contribution is -2.11. The van der Waals surface area contributed by atoms with Gasteiger partial charge in [-0.15, -0.1) is 0 Å². The Balaban J connectivity index is 1.55. The van der Waals surface area contributed by atoms with Crippen LogP contribution in [0.25, 0.3) is 6.08 Å². The van der Waals surface area contributed by atoms with E-state index in [0.717, 1.165) is 5.56 Å². The Morgan fingerprint density at radius 3 is 2.11 bits per heavy atom. The zero-order valence-electron chi connectivity index (χ0n) is 19.4. The van der Waals surface area contributed by atoms with Crippen LogP contribution in [0.1, 0.15) is 41.8 Å². The second kappa shape index (κ2) is 12.1. The molecule has 1 N–H and O–H groups in total. The van der Waals surface area contributed by atoms with Crippen LogP contribution in [-0.4, -0.2) is 23.6 Å². The standard InChI is InChI=1S/C28H25NO6/c1-19(30)34-26-17-12-22(18-27(26)35-20(2)31)11-16-25(32)15-10-21-8-13-24(14-9-21)29-28(33)23-6-4-3-5-7-23/h3-9,11-14,16-18H,10,15H2,1-2H3,(H,29,33)/b16-11+. The van der Waals surface area contributed by atoms with Crippen LogP contribution in [0.2, 0.25) is 0 Å². The van der Waals surface area contributed by atoms with Gasteiger partial charge in [0.25, 0.3) is 5.91 Å². The number of esters is 2. The molecule has 0 atom stereocenters. The van der Waals surface area contributed by atoms with Crippen molar-refractivity contribution < 1.29 is 28.7 Å².